The summed E-state index contributed by atoms with van der Waals surface area (Å²) < 4.78 is 24.9. The van der Waals surface area contributed by atoms with Crippen molar-refractivity contribution in [3.63, 3.8) is 0 Å². The lowest BCUT2D eigenvalue weighted by Crippen LogP contribution is -2.39. The molecule has 226 valence electrons. The highest BCUT2D eigenvalue weighted by Gasteiger charge is 2.33. The summed E-state index contributed by atoms with van der Waals surface area (Å²) in [5.74, 6) is 0.260. The van der Waals surface area contributed by atoms with Crippen LogP contribution in [0.15, 0.2) is 87.8 Å². The van der Waals surface area contributed by atoms with E-state index in [4.69, 9.17) is 18.9 Å². The molecule has 1 aliphatic rings. The van der Waals surface area contributed by atoms with Gasteiger partial charge < -0.3 is 18.9 Å². The van der Waals surface area contributed by atoms with Crippen molar-refractivity contribution in [3.8, 4) is 17.2 Å². The van der Waals surface area contributed by atoms with Crippen molar-refractivity contribution in [1.82, 2.24) is 4.57 Å². The molecular formula is C33H29IN2O7S. The van der Waals surface area contributed by atoms with Gasteiger partial charge in [-0.15, -0.1) is 0 Å². The Kier molecular flexibility index (Phi) is 9.64. The predicted molar refractivity (Wildman–Crippen MR) is 175 cm³/mol. The van der Waals surface area contributed by atoms with Crippen molar-refractivity contribution in [1.29, 1.82) is 0 Å². The molecule has 9 nitrogen and oxygen atoms in total. The van der Waals surface area contributed by atoms with Gasteiger partial charge >= 0.3 is 11.9 Å². The first-order valence-electron chi connectivity index (χ1n) is 13.8. The van der Waals surface area contributed by atoms with Gasteiger partial charge in [0.15, 0.2) is 16.3 Å². The highest BCUT2D eigenvalue weighted by molar-refractivity contribution is 14.1. The maximum atomic E-state index is 14.0. The molecule has 1 atom stereocenters. The number of aromatic nitrogens is 1. The molecule has 0 aliphatic carbocycles. The van der Waals surface area contributed by atoms with Crippen molar-refractivity contribution in [3.05, 3.63) is 118 Å². The summed E-state index contributed by atoms with van der Waals surface area (Å²) in [5.41, 5.74) is 2.30. The first-order valence-corrected chi connectivity index (χ1v) is 15.7. The lowest BCUT2D eigenvalue weighted by atomic mass is 9.96. The van der Waals surface area contributed by atoms with Crippen molar-refractivity contribution in [2.75, 3.05) is 20.3 Å². The number of methoxy groups -OCH3 is 1. The van der Waals surface area contributed by atoms with Crippen LogP contribution in [0.2, 0.25) is 0 Å². The quantitative estimate of drug-likeness (QED) is 0.136. The average Bonchev–Trinajstić information content (AvgIpc) is 3.31. The Morgan fingerprint density at radius 3 is 2.43 bits per heavy atom. The normalized spacial score (nSPS) is 14.5. The number of carbonyl (C=O) groups excluding carboxylic acids is 2. The number of fused-ring (bicyclic) bond motifs is 1. The number of carbonyl (C=O) groups is 2. The van der Waals surface area contributed by atoms with E-state index in [2.05, 4.69) is 27.6 Å². The third-order valence-electron chi connectivity index (χ3n) is 6.81. The van der Waals surface area contributed by atoms with Crippen molar-refractivity contribution in [2.45, 2.75) is 26.8 Å². The van der Waals surface area contributed by atoms with Crippen LogP contribution in [0.1, 0.15) is 48.3 Å². The third kappa shape index (κ3) is 6.34. The molecule has 4 aromatic rings. The SMILES string of the molecule is CCOC(=O)C1=C(C)N=c2s/c(=C\c3ccc(OC(=O)c4ccccc4I)c(OCC)c3)c(=O)n2[C@@H]1c1ccc(OC)cc1. The second-order valence-electron chi connectivity index (χ2n) is 9.58. The molecule has 1 aromatic heterocycles. The summed E-state index contributed by atoms with van der Waals surface area (Å²) in [6.45, 7) is 5.84. The van der Waals surface area contributed by atoms with Crippen LogP contribution < -0.4 is 29.1 Å². The number of hydrogen-bond donors (Lipinski definition) is 0. The van der Waals surface area contributed by atoms with Crippen molar-refractivity contribution < 1.29 is 28.5 Å². The second-order valence-corrected chi connectivity index (χ2v) is 11.8. The standard InChI is InChI=1S/C33H29IN2O7S/c1-5-41-26-17-20(11-16-25(26)43-31(38)23-9-7-8-10-24(23)34)18-27-30(37)36-29(21-12-14-22(40-4)15-13-21)28(32(39)42-6-2)19(3)35-33(36)44-27/h7-18,29H,5-6H2,1-4H3/b27-18-/t29-/m1/s1. The fraction of sp³-hybridized carbons (Fsp3) is 0.212. The van der Waals surface area contributed by atoms with E-state index in [0.29, 0.717) is 55.4 Å². The molecule has 0 saturated carbocycles. The average molecular weight is 725 g/mol. The highest BCUT2D eigenvalue weighted by Crippen LogP contribution is 2.32. The summed E-state index contributed by atoms with van der Waals surface area (Å²) in [5, 5.41) is 0. The lowest BCUT2D eigenvalue weighted by molar-refractivity contribution is -0.139. The number of esters is 2. The van der Waals surface area contributed by atoms with Gasteiger partial charge in [-0.1, -0.05) is 41.7 Å². The van der Waals surface area contributed by atoms with Gasteiger partial charge in [0.05, 0.1) is 47.7 Å². The lowest BCUT2D eigenvalue weighted by Gasteiger charge is -2.24. The van der Waals surface area contributed by atoms with Crippen LogP contribution in [0.25, 0.3) is 6.08 Å². The summed E-state index contributed by atoms with van der Waals surface area (Å²) in [6.07, 6.45) is 1.73. The van der Waals surface area contributed by atoms with Gasteiger partial charge in [0, 0.05) is 3.57 Å². The topological polar surface area (TPSA) is 105 Å². The summed E-state index contributed by atoms with van der Waals surface area (Å²) in [7, 11) is 1.57. The monoisotopic (exact) mass is 724 g/mol. The van der Waals surface area contributed by atoms with Gasteiger partial charge in [-0.25, -0.2) is 14.6 Å². The molecule has 11 heteroatoms. The minimum absolute atomic E-state index is 0.188. The number of allylic oxidation sites excluding steroid dienone is 1. The fourth-order valence-corrected chi connectivity index (χ4v) is 6.45. The first kappa shape index (κ1) is 31.2. The smallest absolute Gasteiger partial charge is 0.344 e. The van der Waals surface area contributed by atoms with Crippen LogP contribution >= 0.6 is 33.9 Å². The van der Waals surface area contributed by atoms with E-state index in [1.807, 2.05) is 31.2 Å². The zero-order valence-electron chi connectivity index (χ0n) is 24.5. The van der Waals surface area contributed by atoms with Crippen LogP contribution in [-0.4, -0.2) is 36.8 Å². The number of thiazole rings is 1. The fourth-order valence-electron chi connectivity index (χ4n) is 4.79. The van der Waals surface area contributed by atoms with Gasteiger partial charge in [-0.3, -0.25) is 9.36 Å². The van der Waals surface area contributed by atoms with Gasteiger partial charge in [0.1, 0.15) is 5.75 Å². The molecular weight excluding hydrogens is 695 g/mol. The molecule has 0 fully saturated rings. The number of hydrogen-bond acceptors (Lipinski definition) is 9. The number of halogens is 1. The number of ether oxygens (including phenoxy) is 4. The predicted octanol–water partition coefficient (Wildman–Crippen LogP) is 5.03. The number of rotatable bonds is 9. The molecule has 0 radical (unpaired) electrons. The molecule has 0 amide bonds. The molecule has 44 heavy (non-hydrogen) atoms. The van der Waals surface area contributed by atoms with Gasteiger partial charge in [-0.2, -0.15) is 0 Å². The van der Waals surface area contributed by atoms with Crippen LogP contribution in [0.5, 0.6) is 17.2 Å². The minimum atomic E-state index is -0.736. The maximum Gasteiger partial charge on any atom is 0.344 e. The number of nitrogens with zero attached hydrogens (tertiary/aromatic N) is 2. The zero-order chi connectivity index (χ0) is 31.4. The van der Waals surface area contributed by atoms with E-state index >= 15 is 0 Å². The van der Waals surface area contributed by atoms with Gasteiger partial charge in [-0.05, 0) is 97.0 Å². The van der Waals surface area contributed by atoms with Crippen LogP contribution in [-0.2, 0) is 9.53 Å². The Balaban J connectivity index is 1.57. The van der Waals surface area contributed by atoms with Crippen molar-refractivity contribution >= 4 is 51.9 Å². The Morgan fingerprint density at radius 2 is 1.75 bits per heavy atom. The van der Waals surface area contributed by atoms with E-state index in [0.717, 1.165) is 3.57 Å². The van der Waals surface area contributed by atoms with Crippen LogP contribution in [0.4, 0.5) is 0 Å². The summed E-state index contributed by atoms with van der Waals surface area (Å²) in [4.78, 5) is 45.0. The van der Waals surface area contributed by atoms with Crippen molar-refractivity contribution in [2.24, 2.45) is 4.99 Å². The van der Waals surface area contributed by atoms with E-state index in [9.17, 15) is 14.4 Å². The number of benzene rings is 3. The Morgan fingerprint density at radius 1 is 1.00 bits per heavy atom. The zero-order valence-corrected chi connectivity index (χ0v) is 27.4. The molecule has 0 unspecified atom stereocenters. The highest BCUT2D eigenvalue weighted by atomic mass is 127. The Bertz CT molecular complexity index is 1940. The molecule has 0 bridgehead atoms. The molecule has 1 aliphatic heterocycles. The molecule has 3 aromatic carbocycles. The Hall–Kier alpha value is -4.23. The van der Waals surface area contributed by atoms with E-state index in [1.165, 1.54) is 15.9 Å². The summed E-state index contributed by atoms with van der Waals surface area (Å²) in [6, 6.07) is 18.7. The molecule has 0 N–H and O–H groups in total. The second kappa shape index (κ2) is 13.6. The van der Waals surface area contributed by atoms with E-state index < -0.39 is 18.0 Å². The van der Waals surface area contributed by atoms with Gasteiger partial charge in [0.2, 0.25) is 0 Å². The molecule has 2 heterocycles. The largest absolute Gasteiger partial charge is 0.497 e. The minimum Gasteiger partial charge on any atom is -0.497 e. The molecule has 0 spiro atoms. The van der Waals surface area contributed by atoms with Crippen LogP contribution in [0.3, 0.4) is 0 Å². The van der Waals surface area contributed by atoms with Crippen LogP contribution in [0, 0.1) is 3.57 Å². The summed E-state index contributed by atoms with van der Waals surface area (Å²) >= 11 is 3.31. The first-order chi connectivity index (χ1) is 21.2. The van der Waals surface area contributed by atoms with Gasteiger partial charge in [0.25, 0.3) is 5.56 Å². The molecule has 5 rings (SSSR count). The van der Waals surface area contributed by atoms with E-state index in [1.54, 1.807) is 69.5 Å². The Labute approximate surface area is 271 Å². The third-order valence-corrected chi connectivity index (χ3v) is 8.73. The van der Waals surface area contributed by atoms with E-state index in [-0.39, 0.29) is 17.9 Å². The maximum absolute atomic E-state index is 14.0. The molecule has 0 saturated heterocycles.